The molecule has 0 aromatic heterocycles. The molecule has 2 aromatic carbocycles. The first-order valence-electron chi connectivity index (χ1n) is 6.20. The quantitative estimate of drug-likeness (QED) is 0.365. The number of hydrogen-bond acceptors (Lipinski definition) is 5. The zero-order valence-corrected chi connectivity index (χ0v) is 11.3. The van der Waals surface area contributed by atoms with Crippen LogP contribution in [0.2, 0.25) is 0 Å². The second-order valence-electron chi connectivity index (χ2n) is 4.28. The van der Waals surface area contributed by atoms with Gasteiger partial charge in [-0.3, -0.25) is 10.1 Å². The SMILES string of the molecule is Cc1cc(OCC(=O)Oc2ccccc2)ccc1[N+](=O)[O-]. The molecule has 0 heterocycles. The number of nitro benzene ring substituents is 1. The number of rotatable bonds is 5. The van der Waals surface area contributed by atoms with E-state index < -0.39 is 10.9 Å². The Balaban J connectivity index is 1.92. The molecular weight excluding hydrogens is 274 g/mol. The molecule has 0 N–H and O–H groups in total. The van der Waals surface area contributed by atoms with Gasteiger partial charge in [-0.05, 0) is 31.2 Å². The van der Waals surface area contributed by atoms with Gasteiger partial charge < -0.3 is 9.47 Å². The van der Waals surface area contributed by atoms with Crippen LogP contribution < -0.4 is 9.47 Å². The largest absolute Gasteiger partial charge is 0.482 e. The number of ether oxygens (including phenoxy) is 2. The highest BCUT2D eigenvalue weighted by molar-refractivity contribution is 5.73. The predicted octanol–water partition coefficient (Wildman–Crippen LogP) is 2.89. The molecular formula is C15H13NO5. The van der Waals surface area contributed by atoms with E-state index in [0.29, 0.717) is 17.1 Å². The van der Waals surface area contributed by atoms with E-state index in [2.05, 4.69) is 0 Å². The van der Waals surface area contributed by atoms with E-state index in [4.69, 9.17) is 9.47 Å². The van der Waals surface area contributed by atoms with Crippen molar-refractivity contribution in [1.82, 2.24) is 0 Å². The van der Waals surface area contributed by atoms with Crippen LogP contribution in [0.3, 0.4) is 0 Å². The highest BCUT2D eigenvalue weighted by atomic mass is 16.6. The highest BCUT2D eigenvalue weighted by Crippen LogP contribution is 2.23. The molecule has 0 spiro atoms. The Kier molecular flexibility index (Phi) is 4.50. The average molecular weight is 287 g/mol. The Morgan fingerprint density at radius 3 is 2.48 bits per heavy atom. The number of hydrogen-bond donors (Lipinski definition) is 0. The summed E-state index contributed by atoms with van der Waals surface area (Å²) in [6.07, 6.45) is 0. The molecule has 108 valence electrons. The van der Waals surface area contributed by atoms with Crippen molar-refractivity contribution in [2.75, 3.05) is 6.61 Å². The lowest BCUT2D eigenvalue weighted by molar-refractivity contribution is -0.385. The monoisotopic (exact) mass is 287 g/mol. The summed E-state index contributed by atoms with van der Waals surface area (Å²) in [5, 5.41) is 10.7. The average Bonchev–Trinajstić information content (AvgIpc) is 2.46. The summed E-state index contributed by atoms with van der Waals surface area (Å²) in [6.45, 7) is 1.33. The molecule has 2 rings (SSSR count). The first-order valence-corrected chi connectivity index (χ1v) is 6.20. The maximum Gasteiger partial charge on any atom is 0.349 e. The van der Waals surface area contributed by atoms with Crippen molar-refractivity contribution in [2.45, 2.75) is 6.92 Å². The molecule has 6 heteroatoms. The molecule has 21 heavy (non-hydrogen) atoms. The third kappa shape index (κ3) is 4.04. The maximum absolute atomic E-state index is 11.6. The first-order chi connectivity index (χ1) is 10.1. The van der Waals surface area contributed by atoms with E-state index >= 15 is 0 Å². The standard InChI is InChI=1S/C15H13NO5/c1-11-9-13(7-8-14(11)16(18)19)20-10-15(17)21-12-5-3-2-4-6-12/h2-9H,10H2,1H3. The number of para-hydroxylation sites is 1. The van der Waals surface area contributed by atoms with Gasteiger partial charge in [-0.1, -0.05) is 18.2 Å². The molecule has 6 nitrogen and oxygen atoms in total. The Morgan fingerprint density at radius 1 is 1.14 bits per heavy atom. The van der Waals surface area contributed by atoms with Crippen LogP contribution in [0, 0.1) is 17.0 Å². The number of nitro groups is 1. The third-order valence-electron chi connectivity index (χ3n) is 2.70. The van der Waals surface area contributed by atoms with Crippen molar-refractivity contribution in [2.24, 2.45) is 0 Å². The first kappa shape index (κ1) is 14.5. The molecule has 0 atom stereocenters. The zero-order chi connectivity index (χ0) is 15.2. The van der Waals surface area contributed by atoms with E-state index in [9.17, 15) is 14.9 Å². The third-order valence-corrected chi connectivity index (χ3v) is 2.70. The van der Waals surface area contributed by atoms with Crippen LogP contribution in [0.25, 0.3) is 0 Å². The van der Waals surface area contributed by atoms with Crippen molar-refractivity contribution >= 4 is 11.7 Å². The lowest BCUT2D eigenvalue weighted by Gasteiger charge is -2.07. The van der Waals surface area contributed by atoms with Gasteiger partial charge in [0.2, 0.25) is 0 Å². The van der Waals surface area contributed by atoms with Gasteiger partial charge in [0.1, 0.15) is 11.5 Å². The normalized spacial score (nSPS) is 9.95. The molecule has 2 aromatic rings. The number of carbonyl (C=O) groups is 1. The topological polar surface area (TPSA) is 78.7 Å². The van der Waals surface area contributed by atoms with E-state index in [1.165, 1.54) is 18.2 Å². The summed E-state index contributed by atoms with van der Waals surface area (Å²) in [7, 11) is 0. The van der Waals surface area contributed by atoms with Gasteiger partial charge in [0.25, 0.3) is 5.69 Å². The Morgan fingerprint density at radius 2 is 1.86 bits per heavy atom. The Hall–Kier alpha value is -2.89. The molecule has 0 unspecified atom stereocenters. The fourth-order valence-corrected chi connectivity index (χ4v) is 1.71. The lowest BCUT2D eigenvalue weighted by atomic mass is 10.2. The Labute approximate surface area is 121 Å². The summed E-state index contributed by atoms with van der Waals surface area (Å²) in [4.78, 5) is 21.8. The van der Waals surface area contributed by atoms with Gasteiger partial charge in [0.05, 0.1) is 4.92 Å². The van der Waals surface area contributed by atoms with E-state index in [1.807, 2.05) is 6.07 Å². The summed E-state index contributed by atoms with van der Waals surface area (Å²) in [6, 6.07) is 12.9. The number of benzene rings is 2. The molecule has 0 aliphatic carbocycles. The second-order valence-corrected chi connectivity index (χ2v) is 4.28. The van der Waals surface area contributed by atoms with Gasteiger partial charge >= 0.3 is 5.97 Å². The van der Waals surface area contributed by atoms with E-state index in [0.717, 1.165) is 0 Å². The number of nitrogens with zero attached hydrogens (tertiary/aromatic N) is 1. The van der Waals surface area contributed by atoms with Crippen LogP contribution >= 0.6 is 0 Å². The van der Waals surface area contributed by atoms with Gasteiger partial charge in [0.15, 0.2) is 6.61 Å². The molecule has 0 bridgehead atoms. The smallest absolute Gasteiger partial charge is 0.349 e. The Bertz CT molecular complexity index is 654. The van der Waals surface area contributed by atoms with Gasteiger partial charge in [-0.25, -0.2) is 4.79 Å². The lowest BCUT2D eigenvalue weighted by Crippen LogP contribution is -2.17. The van der Waals surface area contributed by atoms with Crippen LogP contribution in [-0.4, -0.2) is 17.5 Å². The van der Waals surface area contributed by atoms with Gasteiger partial charge in [0, 0.05) is 11.6 Å². The van der Waals surface area contributed by atoms with E-state index in [-0.39, 0.29) is 12.3 Å². The number of carbonyl (C=O) groups excluding carboxylic acids is 1. The second kappa shape index (κ2) is 6.51. The molecule has 0 fully saturated rings. The number of esters is 1. The van der Waals surface area contributed by atoms with Crippen LogP contribution in [0.5, 0.6) is 11.5 Å². The maximum atomic E-state index is 11.6. The van der Waals surface area contributed by atoms with Crippen molar-refractivity contribution in [1.29, 1.82) is 0 Å². The van der Waals surface area contributed by atoms with Crippen LogP contribution in [0.1, 0.15) is 5.56 Å². The molecule has 0 saturated heterocycles. The van der Waals surface area contributed by atoms with Crippen LogP contribution in [0.15, 0.2) is 48.5 Å². The summed E-state index contributed by atoms with van der Waals surface area (Å²) in [5.41, 5.74) is 0.475. The minimum atomic E-state index is -0.544. The van der Waals surface area contributed by atoms with Crippen molar-refractivity contribution in [3.8, 4) is 11.5 Å². The van der Waals surface area contributed by atoms with Crippen LogP contribution in [-0.2, 0) is 4.79 Å². The molecule has 0 saturated carbocycles. The fraction of sp³-hybridized carbons (Fsp3) is 0.133. The number of aryl methyl sites for hydroxylation is 1. The van der Waals surface area contributed by atoms with Crippen molar-refractivity contribution < 1.29 is 19.2 Å². The van der Waals surface area contributed by atoms with E-state index in [1.54, 1.807) is 31.2 Å². The molecule has 0 radical (unpaired) electrons. The summed E-state index contributed by atoms with van der Waals surface area (Å²) < 4.78 is 10.3. The minimum absolute atomic E-state index is 0.00853. The van der Waals surface area contributed by atoms with Crippen molar-refractivity contribution in [3.63, 3.8) is 0 Å². The van der Waals surface area contributed by atoms with Crippen LogP contribution in [0.4, 0.5) is 5.69 Å². The van der Waals surface area contributed by atoms with Gasteiger partial charge in [-0.2, -0.15) is 0 Å². The highest BCUT2D eigenvalue weighted by Gasteiger charge is 2.12. The summed E-state index contributed by atoms with van der Waals surface area (Å²) in [5.74, 6) is 0.270. The van der Waals surface area contributed by atoms with Crippen molar-refractivity contribution in [3.05, 3.63) is 64.2 Å². The predicted molar refractivity (Wildman–Crippen MR) is 75.4 cm³/mol. The summed E-state index contributed by atoms with van der Waals surface area (Å²) >= 11 is 0. The fourth-order valence-electron chi connectivity index (χ4n) is 1.71. The zero-order valence-electron chi connectivity index (χ0n) is 11.3. The van der Waals surface area contributed by atoms with Gasteiger partial charge in [-0.15, -0.1) is 0 Å². The molecule has 0 aliphatic rings. The minimum Gasteiger partial charge on any atom is -0.482 e. The molecule has 0 amide bonds. The molecule has 0 aliphatic heterocycles.